The van der Waals surface area contributed by atoms with Gasteiger partial charge in [0.2, 0.25) is 0 Å². The van der Waals surface area contributed by atoms with Gasteiger partial charge in [0.05, 0.1) is 6.07 Å². The van der Waals surface area contributed by atoms with Crippen LogP contribution in [0.2, 0.25) is 0 Å². The van der Waals surface area contributed by atoms with Crippen LogP contribution in [0.5, 0.6) is 0 Å². The monoisotopic (exact) mass is 223 g/mol. The van der Waals surface area contributed by atoms with Crippen molar-refractivity contribution in [2.45, 2.75) is 45.6 Å². The van der Waals surface area contributed by atoms with Crippen molar-refractivity contribution in [3.05, 3.63) is 0 Å². The molecule has 0 aromatic carbocycles. The predicted molar refractivity (Wildman–Crippen MR) is 67.1 cm³/mol. The van der Waals surface area contributed by atoms with E-state index in [2.05, 4.69) is 37.1 Å². The predicted octanol–water partition coefficient (Wildman–Crippen LogP) is 2.00. The van der Waals surface area contributed by atoms with Crippen molar-refractivity contribution in [1.82, 2.24) is 10.2 Å². The first-order valence-corrected chi connectivity index (χ1v) is 6.57. The molecule has 1 fully saturated rings. The molecule has 0 spiro atoms. The Labute approximate surface area is 99.8 Å². The van der Waals surface area contributed by atoms with E-state index < -0.39 is 0 Å². The maximum absolute atomic E-state index is 9.34. The third-order valence-electron chi connectivity index (χ3n) is 4.01. The molecule has 0 aromatic rings. The number of nitrogens with one attached hydrogen (secondary N) is 1. The summed E-state index contributed by atoms with van der Waals surface area (Å²) in [4.78, 5) is 2.39. The van der Waals surface area contributed by atoms with Crippen LogP contribution in [0.15, 0.2) is 0 Å². The highest BCUT2D eigenvalue weighted by Gasteiger charge is 2.39. The fourth-order valence-corrected chi connectivity index (χ4v) is 2.63. The summed E-state index contributed by atoms with van der Waals surface area (Å²) in [5.41, 5.74) is -0.243. The second kappa shape index (κ2) is 6.22. The van der Waals surface area contributed by atoms with Gasteiger partial charge in [-0.3, -0.25) is 5.32 Å². The van der Waals surface area contributed by atoms with Gasteiger partial charge in [-0.2, -0.15) is 5.26 Å². The van der Waals surface area contributed by atoms with Crippen LogP contribution in [0, 0.1) is 17.2 Å². The Kier molecular flexibility index (Phi) is 5.24. The summed E-state index contributed by atoms with van der Waals surface area (Å²) in [5.74, 6) is 0.495. The molecule has 0 amide bonds. The molecule has 0 bridgehead atoms. The van der Waals surface area contributed by atoms with Crippen molar-refractivity contribution >= 4 is 0 Å². The van der Waals surface area contributed by atoms with Crippen molar-refractivity contribution in [2.24, 2.45) is 5.92 Å². The lowest BCUT2D eigenvalue weighted by Gasteiger charge is -2.29. The van der Waals surface area contributed by atoms with Gasteiger partial charge in [0.25, 0.3) is 0 Å². The Hall–Kier alpha value is -0.590. The van der Waals surface area contributed by atoms with E-state index in [-0.39, 0.29) is 5.54 Å². The molecule has 16 heavy (non-hydrogen) atoms. The van der Waals surface area contributed by atoms with Crippen molar-refractivity contribution < 1.29 is 0 Å². The average molecular weight is 223 g/mol. The molecule has 1 rings (SSSR count). The van der Waals surface area contributed by atoms with Gasteiger partial charge in [0.1, 0.15) is 5.54 Å². The minimum absolute atomic E-state index is 0.243. The first kappa shape index (κ1) is 13.5. The molecular formula is C13H25N3. The van der Waals surface area contributed by atoms with E-state index >= 15 is 0 Å². The summed E-state index contributed by atoms with van der Waals surface area (Å²) in [6, 6.07) is 2.51. The first-order valence-electron chi connectivity index (χ1n) is 6.57. The number of nitrogens with zero attached hydrogens (tertiary/aromatic N) is 2. The Morgan fingerprint density at radius 3 is 2.56 bits per heavy atom. The standard InChI is InChI=1S/C13H25N3/c1-4-16(5-2)10-9-15-13(11-14)8-6-7-12(13)3/h12,15H,4-10H2,1-3H3. The average Bonchev–Trinajstić information content (AvgIpc) is 2.67. The summed E-state index contributed by atoms with van der Waals surface area (Å²) in [7, 11) is 0. The summed E-state index contributed by atoms with van der Waals surface area (Å²) >= 11 is 0. The fourth-order valence-electron chi connectivity index (χ4n) is 2.63. The quantitative estimate of drug-likeness (QED) is 0.748. The van der Waals surface area contributed by atoms with Crippen molar-refractivity contribution in [2.75, 3.05) is 26.2 Å². The van der Waals surface area contributed by atoms with Crippen molar-refractivity contribution in [3.8, 4) is 6.07 Å². The fraction of sp³-hybridized carbons (Fsp3) is 0.923. The SMILES string of the molecule is CCN(CC)CCNC1(C#N)CCCC1C. The zero-order chi connectivity index (χ0) is 12.0. The molecule has 3 heteroatoms. The minimum Gasteiger partial charge on any atom is -0.303 e. The van der Waals surface area contributed by atoms with Gasteiger partial charge in [0, 0.05) is 13.1 Å². The second-order valence-corrected chi connectivity index (χ2v) is 4.83. The van der Waals surface area contributed by atoms with Gasteiger partial charge in [0.15, 0.2) is 0 Å². The molecule has 1 N–H and O–H groups in total. The molecule has 0 saturated heterocycles. The van der Waals surface area contributed by atoms with Crippen LogP contribution >= 0.6 is 0 Å². The zero-order valence-electron chi connectivity index (χ0n) is 10.9. The minimum atomic E-state index is -0.243. The molecule has 2 unspecified atom stereocenters. The van der Waals surface area contributed by atoms with Crippen LogP contribution in [0.4, 0.5) is 0 Å². The molecule has 92 valence electrons. The summed E-state index contributed by atoms with van der Waals surface area (Å²) in [5, 5.41) is 12.8. The van der Waals surface area contributed by atoms with Crippen molar-refractivity contribution in [1.29, 1.82) is 5.26 Å². The largest absolute Gasteiger partial charge is 0.303 e. The van der Waals surface area contributed by atoms with Gasteiger partial charge in [-0.05, 0) is 31.8 Å². The maximum atomic E-state index is 9.34. The van der Waals surface area contributed by atoms with Gasteiger partial charge >= 0.3 is 0 Å². The third kappa shape index (κ3) is 2.96. The molecule has 3 nitrogen and oxygen atoms in total. The van der Waals surface area contributed by atoms with E-state index in [0.29, 0.717) is 5.92 Å². The number of hydrogen-bond donors (Lipinski definition) is 1. The summed E-state index contributed by atoms with van der Waals surface area (Å²) < 4.78 is 0. The molecule has 1 aliphatic carbocycles. The molecule has 0 aliphatic heterocycles. The lowest BCUT2D eigenvalue weighted by molar-refractivity contribution is 0.269. The van der Waals surface area contributed by atoms with Crippen LogP contribution in [0.3, 0.4) is 0 Å². The van der Waals surface area contributed by atoms with Crippen LogP contribution in [0.25, 0.3) is 0 Å². The maximum Gasteiger partial charge on any atom is 0.109 e. The number of likely N-dealkylation sites (N-methyl/N-ethyl adjacent to an activating group) is 1. The molecule has 1 aliphatic rings. The number of nitriles is 1. The Bertz CT molecular complexity index is 242. The molecule has 0 radical (unpaired) electrons. The van der Waals surface area contributed by atoms with E-state index in [9.17, 15) is 5.26 Å². The topological polar surface area (TPSA) is 39.1 Å². The van der Waals surface area contributed by atoms with Crippen LogP contribution in [-0.2, 0) is 0 Å². The molecule has 2 atom stereocenters. The Balaban J connectivity index is 2.38. The Morgan fingerprint density at radius 2 is 2.12 bits per heavy atom. The highest BCUT2D eigenvalue weighted by molar-refractivity contribution is 5.13. The molecule has 0 aromatic heterocycles. The number of hydrogen-bond acceptors (Lipinski definition) is 3. The van der Waals surface area contributed by atoms with E-state index in [1.54, 1.807) is 0 Å². The smallest absolute Gasteiger partial charge is 0.109 e. The van der Waals surface area contributed by atoms with Gasteiger partial charge < -0.3 is 4.90 Å². The first-order chi connectivity index (χ1) is 7.68. The third-order valence-corrected chi connectivity index (χ3v) is 4.01. The summed E-state index contributed by atoms with van der Waals surface area (Å²) in [6.45, 7) is 10.7. The van der Waals surface area contributed by atoms with E-state index in [4.69, 9.17) is 0 Å². The van der Waals surface area contributed by atoms with E-state index in [0.717, 1.165) is 32.6 Å². The summed E-state index contributed by atoms with van der Waals surface area (Å²) in [6.07, 6.45) is 3.39. The highest BCUT2D eigenvalue weighted by Crippen LogP contribution is 2.34. The highest BCUT2D eigenvalue weighted by atomic mass is 15.1. The number of rotatable bonds is 6. The van der Waals surface area contributed by atoms with E-state index in [1.165, 1.54) is 12.8 Å². The Morgan fingerprint density at radius 1 is 1.44 bits per heavy atom. The van der Waals surface area contributed by atoms with Crippen LogP contribution < -0.4 is 5.32 Å². The van der Waals surface area contributed by atoms with E-state index in [1.807, 2.05) is 0 Å². The van der Waals surface area contributed by atoms with Crippen LogP contribution in [-0.4, -0.2) is 36.6 Å². The van der Waals surface area contributed by atoms with Gasteiger partial charge in [-0.15, -0.1) is 0 Å². The van der Waals surface area contributed by atoms with Crippen molar-refractivity contribution in [3.63, 3.8) is 0 Å². The van der Waals surface area contributed by atoms with Gasteiger partial charge in [-0.1, -0.05) is 27.2 Å². The lowest BCUT2D eigenvalue weighted by atomic mass is 9.90. The molecule has 1 saturated carbocycles. The normalized spacial score (nSPS) is 29.6. The molecule has 0 heterocycles. The van der Waals surface area contributed by atoms with Crippen LogP contribution in [0.1, 0.15) is 40.0 Å². The molecular weight excluding hydrogens is 198 g/mol. The zero-order valence-corrected chi connectivity index (χ0v) is 10.9. The second-order valence-electron chi connectivity index (χ2n) is 4.83. The van der Waals surface area contributed by atoms with Gasteiger partial charge in [-0.25, -0.2) is 0 Å². The lowest BCUT2D eigenvalue weighted by Crippen LogP contribution is -2.48.